The largest absolute Gasteiger partial charge is 0.573 e. The van der Waals surface area contributed by atoms with Gasteiger partial charge in [0.1, 0.15) is 29.0 Å². The SMILES string of the molecule is CC.Nc1nc2cc(F)c(C(=O)N3CCC[C@@H]4Oc5cc(OC(F)(F)F)c(F)cc5[C@@H]43)cc2n2cncc12. The third-order valence-corrected chi connectivity index (χ3v) is 6.42. The molecule has 2 atom stereocenters. The fourth-order valence-corrected chi connectivity index (χ4v) is 4.95. The Morgan fingerprint density at radius 1 is 1.13 bits per heavy atom. The standard InChI is InChI=1S/C23H16F5N5O3.C2H6/c24-12-6-14-15(33-9-30-8-16(33)21(29)31-14)5-10(12)22(34)32-3-1-2-17-20(32)11-4-13(25)19(7-18(11)35-17)36-23(26,27)28;1-2/h4-9,17,20H,1-3H2,(H2,29,31);1-2H3/t17-,20-;/m0./s1. The fraction of sp³-hybridized carbons (Fsp3) is 0.320. The Balaban J connectivity index is 0.00000144. The van der Waals surface area contributed by atoms with E-state index in [1.165, 1.54) is 23.5 Å². The van der Waals surface area contributed by atoms with E-state index >= 15 is 4.39 Å². The van der Waals surface area contributed by atoms with Crippen LogP contribution >= 0.6 is 0 Å². The number of carbonyl (C=O) groups is 1. The quantitative estimate of drug-likeness (QED) is 0.345. The number of alkyl halides is 3. The number of rotatable bonds is 2. The number of carbonyl (C=O) groups excluding carboxylic acids is 1. The summed E-state index contributed by atoms with van der Waals surface area (Å²) in [6.07, 6.45) is -1.81. The molecule has 1 saturated heterocycles. The van der Waals surface area contributed by atoms with Crippen LogP contribution in [0.15, 0.2) is 36.8 Å². The first-order chi connectivity index (χ1) is 18.1. The Morgan fingerprint density at radius 3 is 2.63 bits per heavy atom. The summed E-state index contributed by atoms with van der Waals surface area (Å²) in [6, 6.07) is 3.31. The number of benzene rings is 2. The Morgan fingerprint density at radius 2 is 1.89 bits per heavy atom. The predicted molar refractivity (Wildman–Crippen MR) is 127 cm³/mol. The number of fused-ring (bicyclic) bond motifs is 6. The second kappa shape index (κ2) is 9.30. The van der Waals surface area contributed by atoms with Gasteiger partial charge in [-0.3, -0.25) is 9.20 Å². The topological polar surface area (TPSA) is 95.0 Å². The van der Waals surface area contributed by atoms with Crippen LogP contribution in [0, 0.1) is 11.6 Å². The zero-order chi connectivity index (χ0) is 27.4. The van der Waals surface area contributed by atoms with E-state index in [1.807, 2.05) is 13.8 Å². The Hall–Kier alpha value is -4.16. The molecule has 200 valence electrons. The van der Waals surface area contributed by atoms with Gasteiger partial charge < -0.3 is 20.1 Å². The minimum Gasteiger partial charge on any atom is -0.487 e. The molecule has 2 aromatic heterocycles. The zero-order valence-corrected chi connectivity index (χ0v) is 20.2. The molecule has 1 fully saturated rings. The predicted octanol–water partition coefficient (Wildman–Crippen LogP) is 5.41. The molecule has 2 aliphatic heterocycles. The van der Waals surface area contributed by atoms with Crippen molar-refractivity contribution in [2.24, 2.45) is 0 Å². The lowest BCUT2D eigenvalue weighted by atomic mass is 9.93. The van der Waals surface area contributed by atoms with Crippen LogP contribution in [0.5, 0.6) is 11.5 Å². The molecule has 0 unspecified atom stereocenters. The van der Waals surface area contributed by atoms with Gasteiger partial charge in [-0.2, -0.15) is 0 Å². The summed E-state index contributed by atoms with van der Waals surface area (Å²) in [5.41, 5.74) is 6.94. The minimum absolute atomic E-state index is 0.0240. The Labute approximate surface area is 212 Å². The van der Waals surface area contributed by atoms with E-state index in [0.717, 1.165) is 18.2 Å². The number of nitrogen functional groups attached to an aromatic ring is 1. The van der Waals surface area contributed by atoms with Crippen molar-refractivity contribution < 1.29 is 36.2 Å². The molecular formula is C25H22F5N5O3. The van der Waals surface area contributed by atoms with Gasteiger partial charge in [-0.1, -0.05) is 13.8 Å². The molecule has 0 saturated carbocycles. The highest BCUT2D eigenvalue weighted by Crippen LogP contribution is 2.47. The molecule has 1 amide bonds. The molecule has 0 radical (unpaired) electrons. The van der Waals surface area contributed by atoms with Crippen LogP contribution in [-0.4, -0.2) is 44.2 Å². The Bertz CT molecular complexity index is 1550. The maximum Gasteiger partial charge on any atom is 0.573 e. The third-order valence-electron chi connectivity index (χ3n) is 6.42. The van der Waals surface area contributed by atoms with Crippen LogP contribution < -0.4 is 15.2 Å². The smallest absolute Gasteiger partial charge is 0.487 e. The van der Waals surface area contributed by atoms with E-state index < -0.39 is 41.8 Å². The maximum atomic E-state index is 15.1. The summed E-state index contributed by atoms with van der Waals surface area (Å²) < 4.78 is 78.6. The average molecular weight is 535 g/mol. The normalized spacial score (nSPS) is 18.4. The third kappa shape index (κ3) is 4.21. The van der Waals surface area contributed by atoms with E-state index in [1.54, 1.807) is 4.40 Å². The van der Waals surface area contributed by atoms with Gasteiger partial charge in [0.2, 0.25) is 0 Å². The van der Waals surface area contributed by atoms with Crippen molar-refractivity contribution in [2.75, 3.05) is 12.3 Å². The van der Waals surface area contributed by atoms with Gasteiger partial charge in [-0.05, 0) is 25.0 Å². The second-order valence-corrected chi connectivity index (χ2v) is 8.58. The lowest BCUT2D eigenvalue weighted by Gasteiger charge is -2.36. The summed E-state index contributed by atoms with van der Waals surface area (Å²) >= 11 is 0. The van der Waals surface area contributed by atoms with Crippen molar-refractivity contribution in [3.8, 4) is 11.5 Å². The van der Waals surface area contributed by atoms with Crippen LogP contribution in [0.3, 0.4) is 0 Å². The maximum absolute atomic E-state index is 15.1. The van der Waals surface area contributed by atoms with Gasteiger partial charge in [0, 0.05) is 24.2 Å². The van der Waals surface area contributed by atoms with Crippen LogP contribution in [-0.2, 0) is 0 Å². The first kappa shape index (κ1) is 25.5. The highest BCUT2D eigenvalue weighted by atomic mass is 19.4. The second-order valence-electron chi connectivity index (χ2n) is 8.58. The molecule has 6 rings (SSSR count). The average Bonchev–Trinajstić information content (AvgIpc) is 3.49. The van der Waals surface area contributed by atoms with Gasteiger partial charge in [0.15, 0.2) is 11.6 Å². The zero-order valence-electron chi connectivity index (χ0n) is 20.2. The summed E-state index contributed by atoms with van der Waals surface area (Å²) in [4.78, 5) is 23.1. The van der Waals surface area contributed by atoms with E-state index in [9.17, 15) is 22.4 Å². The number of nitrogens with two attached hydrogens (primary N) is 1. The van der Waals surface area contributed by atoms with Crippen molar-refractivity contribution in [3.63, 3.8) is 0 Å². The number of ether oxygens (including phenoxy) is 2. The molecule has 38 heavy (non-hydrogen) atoms. The first-order valence-electron chi connectivity index (χ1n) is 11.9. The summed E-state index contributed by atoms with van der Waals surface area (Å²) in [5, 5.41) is 0. The van der Waals surface area contributed by atoms with Crippen molar-refractivity contribution in [3.05, 3.63) is 59.6 Å². The molecule has 0 aliphatic carbocycles. The van der Waals surface area contributed by atoms with E-state index in [4.69, 9.17) is 10.5 Å². The number of hydrogen-bond donors (Lipinski definition) is 1. The van der Waals surface area contributed by atoms with E-state index in [0.29, 0.717) is 23.9 Å². The van der Waals surface area contributed by atoms with Gasteiger partial charge in [-0.25, -0.2) is 18.7 Å². The summed E-state index contributed by atoms with van der Waals surface area (Å²) in [5.74, 6) is -3.68. The van der Waals surface area contributed by atoms with Crippen LogP contribution in [0.2, 0.25) is 0 Å². The molecule has 0 bridgehead atoms. The fourth-order valence-electron chi connectivity index (χ4n) is 4.95. The minimum atomic E-state index is -5.09. The highest BCUT2D eigenvalue weighted by molar-refractivity contribution is 5.99. The molecule has 4 heterocycles. The molecule has 4 aromatic rings. The summed E-state index contributed by atoms with van der Waals surface area (Å²) in [7, 11) is 0. The number of halogens is 5. The lowest BCUT2D eigenvalue weighted by molar-refractivity contribution is -0.275. The van der Waals surface area contributed by atoms with Crippen LogP contribution in [0.1, 0.15) is 48.7 Å². The number of aromatic nitrogens is 3. The number of hydrogen-bond acceptors (Lipinski definition) is 6. The molecule has 2 aromatic carbocycles. The Kier molecular flexibility index (Phi) is 6.24. The van der Waals surface area contributed by atoms with Gasteiger partial charge in [-0.15, -0.1) is 13.2 Å². The van der Waals surface area contributed by atoms with Crippen molar-refractivity contribution in [2.45, 2.75) is 45.2 Å². The van der Waals surface area contributed by atoms with E-state index in [-0.39, 0.29) is 34.8 Å². The molecule has 8 nitrogen and oxygen atoms in total. The van der Waals surface area contributed by atoms with Gasteiger partial charge in [0.05, 0.1) is 35.2 Å². The molecule has 2 N–H and O–H groups in total. The number of piperidine rings is 1. The van der Waals surface area contributed by atoms with Crippen molar-refractivity contribution in [1.82, 2.24) is 19.3 Å². The van der Waals surface area contributed by atoms with Gasteiger partial charge in [0.25, 0.3) is 5.91 Å². The van der Waals surface area contributed by atoms with Crippen LogP contribution in [0.4, 0.5) is 27.8 Å². The number of nitrogens with zero attached hydrogens (tertiary/aromatic N) is 4. The number of imidazole rings is 1. The highest BCUT2D eigenvalue weighted by Gasteiger charge is 2.45. The molecular weight excluding hydrogens is 513 g/mol. The number of anilines is 1. The molecule has 13 heteroatoms. The monoisotopic (exact) mass is 535 g/mol. The van der Waals surface area contributed by atoms with E-state index in [2.05, 4.69) is 14.7 Å². The molecule has 0 spiro atoms. The lowest BCUT2D eigenvalue weighted by Crippen LogP contribution is -2.44. The van der Waals surface area contributed by atoms with Crippen LogP contribution in [0.25, 0.3) is 16.6 Å². The number of likely N-dealkylation sites (tertiary alicyclic amines) is 1. The van der Waals surface area contributed by atoms with Crippen molar-refractivity contribution in [1.29, 1.82) is 0 Å². The molecule has 2 aliphatic rings. The summed E-state index contributed by atoms with van der Waals surface area (Å²) in [6.45, 7) is 4.21. The van der Waals surface area contributed by atoms with Crippen molar-refractivity contribution >= 4 is 28.3 Å². The first-order valence-corrected chi connectivity index (χ1v) is 11.9. The number of amides is 1. The van der Waals surface area contributed by atoms with Gasteiger partial charge >= 0.3 is 6.36 Å².